The van der Waals surface area contributed by atoms with Gasteiger partial charge in [0.2, 0.25) is 0 Å². The third-order valence-corrected chi connectivity index (χ3v) is 3.89. The minimum Gasteiger partial charge on any atom is -0.310 e. The number of nitrogens with zero attached hydrogens (tertiary/aromatic N) is 1. The van der Waals surface area contributed by atoms with Gasteiger partial charge in [-0.15, -0.1) is 11.8 Å². The molecule has 0 spiro atoms. The Morgan fingerprint density at radius 2 is 2.41 bits per heavy atom. The summed E-state index contributed by atoms with van der Waals surface area (Å²) in [5.74, 6) is 0. The maximum atomic E-state index is 4.46. The standard InChI is InChI=1S/C13H15N3S/c1-8-3-4-17-7-11(8)13-10-6-14-9(2)5-12(10)15-16-13/h3-4,7,9,14H,1,5-6H2,2H3,(H,15,16). The number of aromatic nitrogens is 2. The summed E-state index contributed by atoms with van der Waals surface area (Å²) in [4.78, 5) is 0. The van der Waals surface area contributed by atoms with Crippen molar-refractivity contribution in [2.75, 3.05) is 0 Å². The van der Waals surface area contributed by atoms with Crippen molar-refractivity contribution in [1.29, 1.82) is 0 Å². The maximum Gasteiger partial charge on any atom is 0.0979 e. The molecule has 0 saturated carbocycles. The van der Waals surface area contributed by atoms with E-state index in [0.29, 0.717) is 6.04 Å². The zero-order valence-electron chi connectivity index (χ0n) is 9.79. The van der Waals surface area contributed by atoms with Crippen LogP contribution in [0.1, 0.15) is 23.9 Å². The average Bonchev–Trinajstić information content (AvgIpc) is 2.72. The maximum absolute atomic E-state index is 4.46. The Kier molecular flexibility index (Phi) is 2.68. The second-order valence-corrected chi connectivity index (χ2v) is 5.29. The molecule has 1 atom stereocenters. The molecule has 0 amide bonds. The van der Waals surface area contributed by atoms with E-state index in [0.717, 1.165) is 29.8 Å². The fraction of sp³-hybridized carbons (Fsp3) is 0.308. The van der Waals surface area contributed by atoms with Gasteiger partial charge in [-0.25, -0.2) is 0 Å². The first-order chi connectivity index (χ1) is 8.25. The number of nitrogens with one attached hydrogen (secondary N) is 2. The third-order valence-electron chi connectivity index (χ3n) is 3.23. The minimum atomic E-state index is 0.522. The molecular formula is C13H15N3S. The lowest BCUT2D eigenvalue weighted by molar-refractivity contribution is 0.508. The normalized spacial score (nSPS) is 23.5. The van der Waals surface area contributed by atoms with Crippen molar-refractivity contribution >= 4 is 17.3 Å². The quantitative estimate of drug-likeness (QED) is 0.799. The Morgan fingerprint density at radius 1 is 1.53 bits per heavy atom. The van der Waals surface area contributed by atoms with Gasteiger partial charge in [0.15, 0.2) is 0 Å². The number of hydrogen-bond donors (Lipinski definition) is 2. The first kappa shape index (κ1) is 10.9. The number of fused-ring (bicyclic) bond motifs is 1. The molecule has 17 heavy (non-hydrogen) atoms. The van der Waals surface area contributed by atoms with Gasteiger partial charge in [-0.05, 0) is 29.4 Å². The third kappa shape index (κ3) is 1.87. The molecule has 1 aromatic heterocycles. The molecule has 1 unspecified atom stereocenters. The molecule has 0 fully saturated rings. The van der Waals surface area contributed by atoms with E-state index in [1.165, 1.54) is 11.3 Å². The molecule has 2 aliphatic heterocycles. The van der Waals surface area contributed by atoms with Gasteiger partial charge in [-0.2, -0.15) is 5.10 Å². The molecule has 88 valence electrons. The number of rotatable bonds is 1. The van der Waals surface area contributed by atoms with Crippen LogP contribution in [0.5, 0.6) is 0 Å². The molecule has 3 rings (SSSR count). The largest absolute Gasteiger partial charge is 0.310 e. The van der Waals surface area contributed by atoms with Gasteiger partial charge in [-0.3, -0.25) is 5.10 Å². The van der Waals surface area contributed by atoms with Crippen molar-refractivity contribution in [3.63, 3.8) is 0 Å². The predicted molar refractivity (Wildman–Crippen MR) is 72.4 cm³/mol. The highest BCUT2D eigenvalue weighted by molar-refractivity contribution is 8.05. The summed E-state index contributed by atoms with van der Waals surface area (Å²) in [5.41, 5.74) is 5.80. The molecule has 2 aliphatic rings. The average molecular weight is 245 g/mol. The fourth-order valence-electron chi connectivity index (χ4n) is 2.24. The summed E-state index contributed by atoms with van der Waals surface area (Å²) in [7, 11) is 0. The van der Waals surface area contributed by atoms with Crippen LogP contribution in [-0.2, 0) is 13.0 Å². The molecule has 1 aromatic rings. The topological polar surface area (TPSA) is 40.7 Å². The lowest BCUT2D eigenvalue weighted by Gasteiger charge is -2.20. The molecule has 0 aliphatic carbocycles. The number of thioether (sulfide) groups is 1. The summed E-state index contributed by atoms with van der Waals surface area (Å²) >= 11 is 1.68. The first-order valence-corrected chi connectivity index (χ1v) is 6.71. The van der Waals surface area contributed by atoms with Crippen LogP contribution in [0.4, 0.5) is 0 Å². The minimum absolute atomic E-state index is 0.522. The summed E-state index contributed by atoms with van der Waals surface area (Å²) in [5, 5.41) is 15.3. The van der Waals surface area contributed by atoms with Crippen molar-refractivity contribution in [2.45, 2.75) is 25.9 Å². The number of allylic oxidation sites excluding steroid dienone is 3. The second kappa shape index (κ2) is 4.20. The van der Waals surface area contributed by atoms with Crippen molar-refractivity contribution in [2.24, 2.45) is 0 Å². The highest BCUT2D eigenvalue weighted by Gasteiger charge is 2.23. The van der Waals surface area contributed by atoms with Crippen molar-refractivity contribution in [1.82, 2.24) is 15.5 Å². The van der Waals surface area contributed by atoms with Crippen LogP contribution in [0.2, 0.25) is 0 Å². The van der Waals surface area contributed by atoms with E-state index in [2.05, 4.69) is 34.4 Å². The molecule has 0 saturated heterocycles. The molecule has 3 nitrogen and oxygen atoms in total. The Hall–Kier alpha value is -1.26. The van der Waals surface area contributed by atoms with Crippen LogP contribution in [0.25, 0.3) is 5.57 Å². The van der Waals surface area contributed by atoms with E-state index >= 15 is 0 Å². The molecule has 4 heteroatoms. The second-order valence-electron chi connectivity index (χ2n) is 4.51. The van der Waals surface area contributed by atoms with E-state index < -0.39 is 0 Å². The van der Waals surface area contributed by atoms with E-state index in [4.69, 9.17) is 0 Å². The number of hydrogen-bond acceptors (Lipinski definition) is 3. The predicted octanol–water partition coefficient (Wildman–Crippen LogP) is 2.60. The summed E-state index contributed by atoms with van der Waals surface area (Å²) in [6.07, 6.45) is 3.06. The summed E-state index contributed by atoms with van der Waals surface area (Å²) in [6.45, 7) is 7.16. The van der Waals surface area contributed by atoms with Gasteiger partial charge in [-0.1, -0.05) is 6.58 Å². The van der Waals surface area contributed by atoms with Crippen LogP contribution in [0, 0.1) is 0 Å². The van der Waals surface area contributed by atoms with Gasteiger partial charge in [0.05, 0.1) is 5.69 Å². The molecule has 0 bridgehead atoms. The van der Waals surface area contributed by atoms with Crippen molar-refractivity contribution in [3.8, 4) is 0 Å². The van der Waals surface area contributed by atoms with Crippen LogP contribution in [0.3, 0.4) is 0 Å². The van der Waals surface area contributed by atoms with Crippen molar-refractivity contribution in [3.05, 3.63) is 46.0 Å². The zero-order valence-corrected chi connectivity index (χ0v) is 10.6. The molecule has 3 heterocycles. The summed E-state index contributed by atoms with van der Waals surface area (Å²) < 4.78 is 0. The Morgan fingerprint density at radius 3 is 3.24 bits per heavy atom. The van der Waals surface area contributed by atoms with E-state index in [1.54, 1.807) is 11.8 Å². The van der Waals surface area contributed by atoms with Crippen LogP contribution < -0.4 is 5.32 Å². The summed E-state index contributed by atoms with van der Waals surface area (Å²) in [6, 6.07) is 0.522. The Labute approximate surface area is 105 Å². The first-order valence-electron chi connectivity index (χ1n) is 5.77. The smallest absolute Gasteiger partial charge is 0.0979 e. The Bertz CT molecular complexity index is 525. The van der Waals surface area contributed by atoms with Crippen molar-refractivity contribution < 1.29 is 0 Å². The molecular weight excluding hydrogens is 230 g/mol. The lowest BCUT2D eigenvalue weighted by Crippen LogP contribution is -2.32. The SMILES string of the molecule is C=C1C=CSC=C1c1n[nH]c2c1CNC(C)C2. The van der Waals surface area contributed by atoms with E-state index in [1.807, 2.05) is 11.5 Å². The highest BCUT2D eigenvalue weighted by atomic mass is 32.2. The van der Waals surface area contributed by atoms with E-state index in [-0.39, 0.29) is 0 Å². The molecule has 0 radical (unpaired) electrons. The zero-order chi connectivity index (χ0) is 11.8. The highest BCUT2D eigenvalue weighted by Crippen LogP contribution is 2.33. The van der Waals surface area contributed by atoms with Crippen LogP contribution in [0.15, 0.2) is 29.0 Å². The fourth-order valence-corrected chi connectivity index (χ4v) is 2.96. The van der Waals surface area contributed by atoms with E-state index in [9.17, 15) is 0 Å². The van der Waals surface area contributed by atoms with Crippen LogP contribution in [-0.4, -0.2) is 16.2 Å². The lowest BCUT2D eigenvalue weighted by atomic mass is 9.97. The number of aromatic amines is 1. The van der Waals surface area contributed by atoms with Gasteiger partial charge >= 0.3 is 0 Å². The van der Waals surface area contributed by atoms with Gasteiger partial charge in [0, 0.05) is 35.8 Å². The number of H-pyrrole nitrogens is 1. The van der Waals surface area contributed by atoms with Gasteiger partial charge in [0.1, 0.15) is 0 Å². The Balaban J connectivity index is 2.00. The monoisotopic (exact) mass is 245 g/mol. The molecule has 2 N–H and O–H groups in total. The van der Waals surface area contributed by atoms with Gasteiger partial charge in [0.25, 0.3) is 0 Å². The van der Waals surface area contributed by atoms with Crippen LogP contribution >= 0.6 is 11.8 Å². The molecule has 0 aromatic carbocycles. The van der Waals surface area contributed by atoms with Gasteiger partial charge < -0.3 is 5.32 Å².